The third-order valence-electron chi connectivity index (χ3n) is 5.68. The average molecular weight is 378 g/mol. The Hall–Kier alpha value is -2.21. The molecule has 0 saturated carbocycles. The first-order valence-electron chi connectivity index (χ1n) is 10.3. The number of piperazine rings is 1. The zero-order valence-electron chi connectivity index (χ0n) is 17.1. The van der Waals surface area contributed by atoms with Crippen molar-refractivity contribution in [3.8, 4) is 11.1 Å². The van der Waals surface area contributed by atoms with Crippen LogP contribution >= 0.6 is 0 Å². The van der Waals surface area contributed by atoms with Gasteiger partial charge in [0.25, 0.3) is 0 Å². The summed E-state index contributed by atoms with van der Waals surface area (Å²) in [5, 5.41) is 1.18. The molecule has 0 atom stereocenters. The molecule has 1 N–H and O–H groups in total. The molecule has 148 valence electrons. The molecule has 1 aliphatic heterocycles. The topological polar surface area (TPSA) is 38.4 Å². The van der Waals surface area contributed by atoms with E-state index in [1.165, 1.54) is 54.7 Å². The number of fused-ring (bicyclic) bond motifs is 1. The summed E-state index contributed by atoms with van der Waals surface area (Å²) in [7, 11) is 4.30. The van der Waals surface area contributed by atoms with Gasteiger partial charge in [-0.15, -0.1) is 0 Å². The van der Waals surface area contributed by atoms with Crippen LogP contribution in [-0.4, -0.2) is 78.0 Å². The van der Waals surface area contributed by atoms with Gasteiger partial charge in [-0.1, -0.05) is 24.3 Å². The van der Waals surface area contributed by atoms with Gasteiger partial charge in [-0.3, -0.25) is 4.90 Å². The normalized spacial score (nSPS) is 16.2. The minimum atomic E-state index is 0.949. The van der Waals surface area contributed by atoms with Crippen LogP contribution < -0.4 is 0 Å². The second-order valence-corrected chi connectivity index (χ2v) is 8.07. The second kappa shape index (κ2) is 8.86. The molecule has 5 heteroatoms. The van der Waals surface area contributed by atoms with E-state index >= 15 is 0 Å². The maximum absolute atomic E-state index is 4.39. The van der Waals surface area contributed by atoms with Gasteiger partial charge in [0.2, 0.25) is 0 Å². The number of benzene rings is 1. The Labute approximate surface area is 168 Å². The first-order chi connectivity index (χ1) is 13.7. The number of aromatic amines is 1. The number of nitrogens with zero attached hydrogens (tertiary/aromatic N) is 4. The lowest BCUT2D eigenvalue weighted by molar-refractivity contribution is 0.124. The lowest BCUT2D eigenvalue weighted by Crippen LogP contribution is -2.46. The van der Waals surface area contributed by atoms with Gasteiger partial charge < -0.3 is 14.8 Å². The van der Waals surface area contributed by atoms with Crippen molar-refractivity contribution < 1.29 is 0 Å². The summed E-state index contributed by atoms with van der Waals surface area (Å²) in [6.07, 6.45) is 5.09. The van der Waals surface area contributed by atoms with E-state index in [2.05, 4.69) is 75.2 Å². The van der Waals surface area contributed by atoms with E-state index in [0.717, 1.165) is 25.3 Å². The van der Waals surface area contributed by atoms with Gasteiger partial charge >= 0.3 is 0 Å². The molecule has 0 radical (unpaired) electrons. The zero-order valence-corrected chi connectivity index (χ0v) is 17.1. The van der Waals surface area contributed by atoms with E-state index in [-0.39, 0.29) is 0 Å². The molecule has 1 aromatic carbocycles. The lowest BCUT2D eigenvalue weighted by atomic mass is 10.0. The predicted octanol–water partition coefficient (Wildman–Crippen LogP) is 3.30. The number of pyridine rings is 1. The van der Waals surface area contributed by atoms with Gasteiger partial charge in [-0.05, 0) is 62.4 Å². The highest BCUT2D eigenvalue weighted by Gasteiger charge is 2.16. The van der Waals surface area contributed by atoms with E-state index in [1.54, 1.807) is 0 Å². The average Bonchev–Trinajstić information content (AvgIpc) is 3.19. The smallest absolute Gasteiger partial charge is 0.137 e. The number of hydrogen-bond acceptors (Lipinski definition) is 4. The van der Waals surface area contributed by atoms with E-state index < -0.39 is 0 Å². The van der Waals surface area contributed by atoms with Crippen LogP contribution in [0.25, 0.3) is 22.2 Å². The van der Waals surface area contributed by atoms with Gasteiger partial charge in [0, 0.05) is 50.5 Å². The van der Waals surface area contributed by atoms with Crippen LogP contribution in [0.5, 0.6) is 0 Å². The molecule has 0 spiro atoms. The Kier molecular flexibility index (Phi) is 6.05. The van der Waals surface area contributed by atoms with Gasteiger partial charge in [-0.2, -0.15) is 0 Å². The number of nitrogens with one attached hydrogen (secondary N) is 1. The van der Waals surface area contributed by atoms with Crippen LogP contribution in [0, 0.1) is 0 Å². The Morgan fingerprint density at radius 1 is 0.964 bits per heavy atom. The maximum atomic E-state index is 4.39. The number of H-pyrrole nitrogens is 1. The molecule has 2 aromatic heterocycles. The molecule has 4 rings (SSSR count). The summed E-state index contributed by atoms with van der Waals surface area (Å²) in [4.78, 5) is 15.0. The highest BCUT2D eigenvalue weighted by Crippen LogP contribution is 2.27. The second-order valence-electron chi connectivity index (χ2n) is 8.07. The number of rotatable bonds is 7. The summed E-state index contributed by atoms with van der Waals surface area (Å²) in [5.74, 6) is 0. The summed E-state index contributed by atoms with van der Waals surface area (Å²) < 4.78 is 0. The number of hydrogen-bond donors (Lipinski definition) is 1. The fourth-order valence-electron chi connectivity index (χ4n) is 4.04. The molecule has 0 amide bonds. The van der Waals surface area contributed by atoms with Crippen LogP contribution in [0.2, 0.25) is 0 Å². The molecular weight excluding hydrogens is 346 g/mol. The first kappa shape index (κ1) is 19.1. The predicted molar refractivity (Wildman–Crippen MR) is 116 cm³/mol. The lowest BCUT2D eigenvalue weighted by Gasteiger charge is -2.35. The van der Waals surface area contributed by atoms with Crippen LogP contribution in [0.3, 0.4) is 0 Å². The Morgan fingerprint density at radius 2 is 1.71 bits per heavy atom. The van der Waals surface area contributed by atoms with Gasteiger partial charge in [-0.25, -0.2) is 4.98 Å². The van der Waals surface area contributed by atoms with Crippen molar-refractivity contribution in [1.29, 1.82) is 0 Å². The van der Waals surface area contributed by atoms with E-state index in [4.69, 9.17) is 0 Å². The molecule has 5 nitrogen and oxygen atoms in total. The minimum Gasteiger partial charge on any atom is -0.346 e. The molecule has 1 aliphatic rings. The quantitative estimate of drug-likeness (QED) is 0.686. The van der Waals surface area contributed by atoms with Gasteiger partial charge in [0.15, 0.2) is 0 Å². The highest BCUT2D eigenvalue weighted by atomic mass is 15.3. The Balaban J connectivity index is 1.31. The van der Waals surface area contributed by atoms with Crippen LogP contribution in [0.4, 0.5) is 0 Å². The monoisotopic (exact) mass is 377 g/mol. The van der Waals surface area contributed by atoms with Crippen LogP contribution in [-0.2, 0) is 6.54 Å². The van der Waals surface area contributed by atoms with E-state index in [1.807, 2.05) is 12.4 Å². The van der Waals surface area contributed by atoms with Crippen molar-refractivity contribution in [2.24, 2.45) is 0 Å². The Morgan fingerprint density at radius 3 is 2.46 bits per heavy atom. The zero-order chi connectivity index (χ0) is 19.3. The molecule has 28 heavy (non-hydrogen) atoms. The number of aromatic nitrogens is 2. The minimum absolute atomic E-state index is 0.949. The molecule has 0 aliphatic carbocycles. The molecule has 1 fully saturated rings. The molecule has 1 saturated heterocycles. The first-order valence-corrected chi connectivity index (χ1v) is 10.3. The molecule has 3 aromatic rings. The summed E-state index contributed by atoms with van der Waals surface area (Å²) in [6, 6.07) is 13.2. The van der Waals surface area contributed by atoms with Crippen molar-refractivity contribution in [3.05, 3.63) is 54.4 Å². The summed E-state index contributed by atoms with van der Waals surface area (Å²) in [5.41, 5.74) is 4.83. The third kappa shape index (κ3) is 4.61. The summed E-state index contributed by atoms with van der Waals surface area (Å²) in [6.45, 7) is 8.15. The van der Waals surface area contributed by atoms with Gasteiger partial charge in [0.1, 0.15) is 5.65 Å². The highest BCUT2D eigenvalue weighted by molar-refractivity contribution is 5.92. The van der Waals surface area contributed by atoms with Gasteiger partial charge in [0.05, 0.1) is 0 Å². The van der Waals surface area contributed by atoms with Crippen molar-refractivity contribution in [2.45, 2.75) is 13.0 Å². The maximum Gasteiger partial charge on any atom is 0.137 e. The van der Waals surface area contributed by atoms with E-state index in [0.29, 0.717) is 0 Å². The van der Waals surface area contributed by atoms with Crippen molar-refractivity contribution >= 4 is 11.0 Å². The van der Waals surface area contributed by atoms with Crippen LogP contribution in [0.15, 0.2) is 48.8 Å². The van der Waals surface area contributed by atoms with Crippen molar-refractivity contribution in [2.75, 3.05) is 53.4 Å². The SMILES string of the molecule is CN(C)CCCN1CCN(Cc2ccc(-c3ccnc4[nH]ccc34)cc2)CC1. The largest absolute Gasteiger partial charge is 0.346 e. The Bertz CT molecular complexity index is 875. The fraction of sp³-hybridized carbons (Fsp3) is 0.435. The van der Waals surface area contributed by atoms with Crippen LogP contribution in [0.1, 0.15) is 12.0 Å². The molecular formula is C23H31N5. The molecule has 0 bridgehead atoms. The summed E-state index contributed by atoms with van der Waals surface area (Å²) >= 11 is 0. The molecule has 3 heterocycles. The fourth-order valence-corrected chi connectivity index (χ4v) is 4.04. The van der Waals surface area contributed by atoms with E-state index in [9.17, 15) is 0 Å². The third-order valence-corrected chi connectivity index (χ3v) is 5.68. The van der Waals surface area contributed by atoms with Crippen molar-refractivity contribution in [3.63, 3.8) is 0 Å². The standard InChI is InChI=1S/C23H31N5/c1-26(2)12-3-13-27-14-16-28(17-15-27)18-19-4-6-20(7-5-19)21-8-10-24-23-22(21)9-11-25-23/h4-11H,3,12-18H2,1-2H3,(H,24,25). The molecule has 0 unspecified atom stereocenters. The van der Waals surface area contributed by atoms with Crippen molar-refractivity contribution in [1.82, 2.24) is 24.7 Å².